The number of amides is 1. The first-order valence-electron chi connectivity index (χ1n) is 6.29. The molecule has 2 aliphatic rings. The summed E-state index contributed by atoms with van der Waals surface area (Å²) in [7, 11) is 0. The van der Waals surface area contributed by atoms with Crippen molar-refractivity contribution in [1.82, 2.24) is 4.90 Å². The lowest BCUT2D eigenvalue weighted by molar-refractivity contribution is -0.154. The Kier molecular flexibility index (Phi) is 4.27. The number of azide groups is 1. The third-order valence-corrected chi connectivity index (χ3v) is 5.11. The second kappa shape index (κ2) is 5.54. The second-order valence-corrected chi connectivity index (χ2v) is 6.03. The van der Waals surface area contributed by atoms with Gasteiger partial charge in [-0.05, 0) is 18.5 Å². The standard InChI is InChI=1S/C12H14FIN4O3/c1-7-11(2,13)10(21-12(7,6-14)16-17-15)18-4-3-8(19)5-9(18)20/h3-4,7,10H,5-6H2,1-2H3/t7-,10+,11+,12+/m0/s1. The van der Waals surface area contributed by atoms with Crippen LogP contribution in [0.1, 0.15) is 20.3 Å². The molecule has 0 aromatic carbocycles. The third-order valence-electron chi connectivity index (χ3n) is 4.01. The highest BCUT2D eigenvalue weighted by molar-refractivity contribution is 14.1. The normalized spacial score (nSPS) is 39.5. The molecule has 0 bridgehead atoms. The topological polar surface area (TPSA) is 95.4 Å². The summed E-state index contributed by atoms with van der Waals surface area (Å²) in [4.78, 5) is 27.0. The number of carbonyl (C=O) groups excluding carboxylic acids is 2. The number of halogens is 2. The maximum atomic E-state index is 15.1. The lowest BCUT2D eigenvalue weighted by atomic mass is 9.86. The summed E-state index contributed by atoms with van der Waals surface area (Å²) >= 11 is 1.95. The van der Waals surface area contributed by atoms with Gasteiger partial charge in [-0.25, -0.2) is 4.39 Å². The van der Waals surface area contributed by atoms with Crippen LogP contribution in [0.4, 0.5) is 4.39 Å². The van der Waals surface area contributed by atoms with E-state index in [-0.39, 0.29) is 16.6 Å². The first-order valence-corrected chi connectivity index (χ1v) is 7.82. The van der Waals surface area contributed by atoms with E-state index < -0.39 is 29.4 Å². The van der Waals surface area contributed by atoms with Gasteiger partial charge in [-0.1, -0.05) is 34.6 Å². The Morgan fingerprint density at radius 1 is 1.67 bits per heavy atom. The van der Waals surface area contributed by atoms with Gasteiger partial charge in [0.25, 0.3) is 0 Å². The van der Waals surface area contributed by atoms with E-state index in [4.69, 9.17) is 10.3 Å². The number of ketones is 1. The van der Waals surface area contributed by atoms with Crippen LogP contribution in [0.25, 0.3) is 10.4 Å². The summed E-state index contributed by atoms with van der Waals surface area (Å²) in [5.74, 6) is -1.62. The number of hydrogen-bond acceptors (Lipinski definition) is 4. The fraction of sp³-hybridized carbons (Fsp3) is 0.667. The SMILES string of the molecule is C[C@H]1[C@@](C)(F)[C@H](N2C=CC(=O)CC2=O)O[C@@]1(CI)N=[N+]=[N-]. The fourth-order valence-electron chi connectivity index (χ4n) is 2.51. The van der Waals surface area contributed by atoms with Crippen molar-refractivity contribution in [3.05, 3.63) is 22.7 Å². The third kappa shape index (κ3) is 2.53. The van der Waals surface area contributed by atoms with Crippen LogP contribution in [0.5, 0.6) is 0 Å². The van der Waals surface area contributed by atoms with Crippen LogP contribution in [-0.4, -0.2) is 38.6 Å². The zero-order valence-electron chi connectivity index (χ0n) is 11.5. The van der Waals surface area contributed by atoms with Gasteiger partial charge in [-0.15, -0.1) is 0 Å². The summed E-state index contributed by atoms with van der Waals surface area (Å²) < 4.78 is 21.0. The Labute approximate surface area is 134 Å². The van der Waals surface area contributed by atoms with Crippen molar-refractivity contribution in [3.8, 4) is 0 Å². The van der Waals surface area contributed by atoms with Gasteiger partial charge in [0.1, 0.15) is 0 Å². The molecule has 1 fully saturated rings. The number of alkyl halides is 2. The molecule has 21 heavy (non-hydrogen) atoms. The van der Waals surface area contributed by atoms with Gasteiger partial charge >= 0.3 is 0 Å². The first kappa shape index (κ1) is 16.2. The summed E-state index contributed by atoms with van der Waals surface area (Å²) in [6.45, 7) is 2.89. The monoisotopic (exact) mass is 408 g/mol. The largest absolute Gasteiger partial charge is 0.341 e. The first-order chi connectivity index (χ1) is 9.78. The van der Waals surface area contributed by atoms with Crippen LogP contribution in [0.15, 0.2) is 17.4 Å². The molecule has 0 unspecified atom stereocenters. The lowest BCUT2D eigenvalue weighted by Crippen LogP contribution is -2.49. The molecule has 1 amide bonds. The van der Waals surface area contributed by atoms with Gasteiger partial charge in [-0.2, -0.15) is 0 Å². The number of allylic oxidation sites excluding steroid dienone is 1. The maximum absolute atomic E-state index is 15.1. The van der Waals surface area contributed by atoms with E-state index in [1.54, 1.807) is 6.92 Å². The van der Waals surface area contributed by atoms with Gasteiger partial charge in [0, 0.05) is 21.5 Å². The van der Waals surface area contributed by atoms with E-state index >= 15 is 4.39 Å². The molecule has 0 N–H and O–H groups in total. The van der Waals surface area contributed by atoms with Crippen LogP contribution in [-0.2, 0) is 14.3 Å². The fourth-order valence-corrected chi connectivity index (χ4v) is 3.50. The zero-order chi connectivity index (χ0) is 15.8. The molecular formula is C12H14FIN4O3. The van der Waals surface area contributed by atoms with Crippen molar-refractivity contribution < 1.29 is 18.7 Å². The van der Waals surface area contributed by atoms with E-state index in [2.05, 4.69) is 10.0 Å². The van der Waals surface area contributed by atoms with Crippen LogP contribution in [0, 0.1) is 5.92 Å². The van der Waals surface area contributed by atoms with Gasteiger partial charge < -0.3 is 4.74 Å². The predicted molar refractivity (Wildman–Crippen MR) is 79.9 cm³/mol. The van der Waals surface area contributed by atoms with Crippen molar-refractivity contribution in [2.24, 2.45) is 11.0 Å². The predicted octanol–water partition coefficient (Wildman–Crippen LogP) is 2.46. The molecule has 0 aromatic heterocycles. The van der Waals surface area contributed by atoms with Crippen LogP contribution in [0.3, 0.4) is 0 Å². The van der Waals surface area contributed by atoms with E-state index in [0.29, 0.717) is 0 Å². The molecule has 2 aliphatic heterocycles. The molecule has 7 nitrogen and oxygen atoms in total. The van der Waals surface area contributed by atoms with E-state index in [1.165, 1.54) is 19.2 Å². The van der Waals surface area contributed by atoms with Crippen LogP contribution >= 0.6 is 22.6 Å². The minimum absolute atomic E-state index is 0.247. The second-order valence-electron chi connectivity index (χ2n) is 5.27. The lowest BCUT2D eigenvalue weighted by Gasteiger charge is -2.33. The van der Waals surface area contributed by atoms with Crippen LogP contribution in [0.2, 0.25) is 0 Å². The van der Waals surface area contributed by atoms with E-state index in [1.807, 2.05) is 22.6 Å². The van der Waals surface area contributed by atoms with E-state index in [9.17, 15) is 9.59 Å². The molecule has 0 spiro atoms. The Morgan fingerprint density at radius 3 is 2.86 bits per heavy atom. The van der Waals surface area contributed by atoms with Crippen molar-refractivity contribution >= 4 is 34.3 Å². The Hall–Kier alpha value is -1.19. The number of ether oxygens (including phenoxy) is 1. The Balaban J connectivity index is 2.41. The number of hydrogen-bond donors (Lipinski definition) is 0. The highest BCUT2D eigenvalue weighted by Crippen LogP contribution is 2.49. The van der Waals surface area contributed by atoms with Crippen molar-refractivity contribution in [3.63, 3.8) is 0 Å². The Morgan fingerprint density at radius 2 is 2.33 bits per heavy atom. The van der Waals surface area contributed by atoms with Gasteiger partial charge in [0.2, 0.25) is 5.91 Å². The molecule has 1 saturated heterocycles. The number of rotatable bonds is 3. The van der Waals surface area contributed by atoms with Crippen LogP contribution < -0.4 is 0 Å². The van der Waals surface area contributed by atoms with E-state index in [0.717, 1.165) is 4.90 Å². The molecule has 4 atom stereocenters. The summed E-state index contributed by atoms with van der Waals surface area (Å²) in [5, 5.41) is 3.62. The summed E-state index contributed by atoms with van der Waals surface area (Å²) in [6, 6.07) is 0. The van der Waals surface area contributed by atoms with Crippen molar-refractivity contribution in [1.29, 1.82) is 0 Å². The Bertz CT molecular complexity index is 561. The molecule has 0 aromatic rings. The molecule has 2 heterocycles. The minimum atomic E-state index is -1.92. The summed E-state index contributed by atoms with van der Waals surface area (Å²) in [5.41, 5.74) is 5.43. The molecular weight excluding hydrogens is 394 g/mol. The average Bonchev–Trinajstić information content (AvgIpc) is 2.61. The van der Waals surface area contributed by atoms with Gasteiger partial charge in [0.05, 0.1) is 6.42 Å². The smallest absolute Gasteiger partial charge is 0.236 e. The average molecular weight is 408 g/mol. The molecule has 0 radical (unpaired) electrons. The molecule has 0 aliphatic carbocycles. The molecule has 114 valence electrons. The summed E-state index contributed by atoms with van der Waals surface area (Å²) in [6.07, 6.45) is 0.885. The van der Waals surface area contributed by atoms with Gasteiger partial charge in [-0.3, -0.25) is 14.5 Å². The highest BCUT2D eigenvalue weighted by Gasteiger charge is 2.62. The quantitative estimate of drug-likeness (QED) is 0.179. The zero-order valence-corrected chi connectivity index (χ0v) is 13.7. The number of nitrogens with zero attached hydrogens (tertiary/aromatic N) is 4. The van der Waals surface area contributed by atoms with Gasteiger partial charge in [0.15, 0.2) is 23.4 Å². The number of carbonyl (C=O) groups is 2. The van der Waals surface area contributed by atoms with Crippen molar-refractivity contribution in [2.45, 2.75) is 37.9 Å². The van der Waals surface area contributed by atoms with Crippen molar-refractivity contribution in [2.75, 3.05) is 4.43 Å². The molecule has 9 heteroatoms. The maximum Gasteiger partial charge on any atom is 0.236 e. The molecule has 2 rings (SSSR count). The molecule has 0 saturated carbocycles. The minimum Gasteiger partial charge on any atom is -0.341 e. The highest BCUT2D eigenvalue weighted by atomic mass is 127.